The second-order valence-electron chi connectivity index (χ2n) is 5.43. The number of sulfonamides is 1. The Balaban J connectivity index is 2.52. The van der Waals surface area contributed by atoms with E-state index in [0.717, 1.165) is 22.3 Å². The lowest BCUT2D eigenvalue weighted by atomic mass is 10.0. The van der Waals surface area contributed by atoms with Gasteiger partial charge < -0.3 is 4.74 Å². The van der Waals surface area contributed by atoms with Crippen LogP contribution in [0.25, 0.3) is 0 Å². The van der Waals surface area contributed by atoms with E-state index in [1.807, 2.05) is 33.8 Å². The third-order valence-electron chi connectivity index (χ3n) is 3.89. The first kappa shape index (κ1) is 16.4. The molecule has 0 saturated heterocycles. The van der Waals surface area contributed by atoms with Crippen LogP contribution in [0.3, 0.4) is 0 Å². The van der Waals surface area contributed by atoms with Crippen molar-refractivity contribution >= 4 is 15.7 Å². The Hall–Kier alpha value is -2.01. The van der Waals surface area contributed by atoms with E-state index < -0.39 is 10.0 Å². The summed E-state index contributed by atoms with van der Waals surface area (Å²) in [4.78, 5) is 0.354. The van der Waals surface area contributed by atoms with Crippen molar-refractivity contribution in [3.8, 4) is 5.75 Å². The van der Waals surface area contributed by atoms with Gasteiger partial charge in [-0.1, -0.05) is 12.1 Å². The van der Waals surface area contributed by atoms with Crippen LogP contribution in [-0.4, -0.2) is 15.5 Å². The fraction of sp³-hybridized carbons (Fsp3) is 0.294. The highest BCUT2D eigenvalue weighted by atomic mass is 32.2. The number of methoxy groups -OCH3 is 1. The molecule has 0 aliphatic heterocycles. The van der Waals surface area contributed by atoms with Crippen LogP contribution in [0.2, 0.25) is 0 Å². The summed E-state index contributed by atoms with van der Waals surface area (Å²) in [5.41, 5.74) is 3.97. The molecule has 5 heteroatoms. The fourth-order valence-corrected chi connectivity index (χ4v) is 4.14. The topological polar surface area (TPSA) is 55.4 Å². The third-order valence-corrected chi connectivity index (χ3v) is 5.54. The average Bonchev–Trinajstić information content (AvgIpc) is 2.45. The maximum atomic E-state index is 12.8. The molecule has 0 radical (unpaired) electrons. The highest BCUT2D eigenvalue weighted by molar-refractivity contribution is 7.92. The van der Waals surface area contributed by atoms with Crippen LogP contribution in [-0.2, 0) is 10.0 Å². The molecule has 0 saturated carbocycles. The average molecular weight is 319 g/mol. The van der Waals surface area contributed by atoms with Gasteiger partial charge in [-0.2, -0.15) is 0 Å². The van der Waals surface area contributed by atoms with Crippen molar-refractivity contribution in [2.24, 2.45) is 0 Å². The van der Waals surface area contributed by atoms with Crippen LogP contribution in [0, 0.1) is 27.7 Å². The number of hydrogen-bond acceptors (Lipinski definition) is 3. The summed E-state index contributed by atoms with van der Waals surface area (Å²) in [7, 11) is -2.10. The maximum absolute atomic E-state index is 12.8. The van der Waals surface area contributed by atoms with Gasteiger partial charge in [0.1, 0.15) is 5.75 Å². The van der Waals surface area contributed by atoms with Crippen LogP contribution < -0.4 is 9.46 Å². The SMILES string of the molecule is COc1cccc(NS(=O)(=O)c2c(C)c(C)cc(C)c2C)c1. The maximum Gasteiger partial charge on any atom is 0.262 e. The highest BCUT2D eigenvalue weighted by Gasteiger charge is 2.22. The predicted octanol–water partition coefficient (Wildman–Crippen LogP) is 3.73. The Kier molecular flexibility index (Phi) is 4.47. The van der Waals surface area contributed by atoms with Crippen LogP contribution in [0.5, 0.6) is 5.75 Å². The number of rotatable bonds is 4. The van der Waals surface area contributed by atoms with Crippen molar-refractivity contribution in [1.29, 1.82) is 0 Å². The summed E-state index contributed by atoms with van der Waals surface area (Å²) < 4.78 is 33.4. The molecule has 1 N–H and O–H groups in total. The van der Waals surface area contributed by atoms with E-state index in [4.69, 9.17) is 4.74 Å². The van der Waals surface area contributed by atoms with E-state index in [2.05, 4.69) is 4.72 Å². The van der Waals surface area contributed by atoms with Crippen molar-refractivity contribution in [1.82, 2.24) is 0 Å². The standard InChI is InChI=1S/C17H21NO3S/c1-11-9-12(2)14(4)17(13(11)3)22(19,20)18-15-7-6-8-16(10-15)21-5/h6-10,18H,1-5H3. The summed E-state index contributed by atoms with van der Waals surface area (Å²) in [5, 5.41) is 0. The van der Waals surface area contributed by atoms with E-state index in [1.165, 1.54) is 0 Å². The first-order valence-corrected chi connectivity index (χ1v) is 8.49. The van der Waals surface area contributed by atoms with Crippen LogP contribution >= 0.6 is 0 Å². The monoisotopic (exact) mass is 319 g/mol. The molecular weight excluding hydrogens is 298 g/mol. The molecular formula is C17H21NO3S. The van der Waals surface area contributed by atoms with Crippen LogP contribution in [0.4, 0.5) is 5.69 Å². The summed E-state index contributed by atoms with van der Waals surface area (Å²) in [6.07, 6.45) is 0. The molecule has 0 heterocycles. The summed E-state index contributed by atoms with van der Waals surface area (Å²) in [5.74, 6) is 0.606. The molecule has 0 aliphatic rings. The number of ether oxygens (including phenoxy) is 1. The molecule has 0 spiro atoms. The number of nitrogens with one attached hydrogen (secondary N) is 1. The molecule has 118 valence electrons. The minimum Gasteiger partial charge on any atom is -0.497 e. The molecule has 0 aromatic heterocycles. The zero-order chi connectivity index (χ0) is 16.5. The largest absolute Gasteiger partial charge is 0.497 e. The summed E-state index contributed by atoms with van der Waals surface area (Å²) in [6, 6.07) is 8.89. The van der Waals surface area contributed by atoms with Gasteiger partial charge in [0, 0.05) is 6.07 Å². The zero-order valence-electron chi connectivity index (χ0n) is 13.5. The molecule has 2 aromatic rings. The van der Waals surface area contributed by atoms with E-state index in [1.54, 1.807) is 31.4 Å². The van der Waals surface area contributed by atoms with Crippen molar-refractivity contribution in [3.63, 3.8) is 0 Å². The van der Waals surface area contributed by atoms with Gasteiger partial charge in [-0.3, -0.25) is 4.72 Å². The molecule has 0 atom stereocenters. The van der Waals surface area contributed by atoms with Crippen molar-refractivity contribution in [2.75, 3.05) is 11.8 Å². The molecule has 4 nitrogen and oxygen atoms in total. The Labute approximate surface area is 132 Å². The van der Waals surface area contributed by atoms with E-state index >= 15 is 0 Å². The molecule has 0 bridgehead atoms. The smallest absolute Gasteiger partial charge is 0.262 e. The van der Waals surface area contributed by atoms with Gasteiger partial charge in [0.15, 0.2) is 0 Å². The molecule has 2 aromatic carbocycles. The molecule has 22 heavy (non-hydrogen) atoms. The highest BCUT2D eigenvalue weighted by Crippen LogP contribution is 2.28. The normalized spacial score (nSPS) is 11.3. The van der Waals surface area contributed by atoms with E-state index in [-0.39, 0.29) is 0 Å². The molecule has 0 fully saturated rings. The van der Waals surface area contributed by atoms with Crippen molar-refractivity contribution < 1.29 is 13.2 Å². The lowest BCUT2D eigenvalue weighted by Crippen LogP contribution is -2.17. The second-order valence-corrected chi connectivity index (χ2v) is 7.05. The minimum atomic E-state index is -3.65. The van der Waals surface area contributed by atoms with Crippen molar-refractivity contribution in [3.05, 3.63) is 52.6 Å². The van der Waals surface area contributed by atoms with Gasteiger partial charge in [0.2, 0.25) is 0 Å². The summed E-state index contributed by atoms with van der Waals surface area (Å²) >= 11 is 0. The fourth-order valence-electron chi connectivity index (χ4n) is 2.48. The van der Waals surface area contributed by atoms with Crippen molar-refractivity contribution in [2.45, 2.75) is 32.6 Å². The molecule has 0 amide bonds. The number of benzene rings is 2. The van der Waals surface area contributed by atoms with Gasteiger partial charge in [-0.15, -0.1) is 0 Å². The van der Waals surface area contributed by atoms with Crippen LogP contribution in [0.1, 0.15) is 22.3 Å². The summed E-state index contributed by atoms with van der Waals surface area (Å²) in [6.45, 7) is 7.52. The van der Waals surface area contributed by atoms with Crippen LogP contribution in [0.15, 0.2) is 35.2 Å². The zero-order valence-corrected chi connectivity index (χ0v) is 14.3. The first-order valence-electron chi connectivity index (χ1n) is 7.00. The van der Waals surface area contributed by atoms with Gasteiger partial charge >= 0.3 is 0 Å². The van der Waals surface area contributed by atoms with Gasteiger partial charge in [-0.05, 0) is 62.1 Å². The predicted molar refractivity (Wildman–Crippen MR) is 89.2 cm³/mol. The lowest BCUT2D eigenvalue weighted by Gasteiger charge is -2.17. The number of anilines is 1. The quantitative estimate of drug-likeness (QED) is 0.934. The Morgan fingerprint density at radius 3 is 2.09 bits per heavy atom. The van der Waals surface area contributed by atoms with E-state index in [0.29, 0.717) is 16.3 Å². The Morgan fingerprint density at radius 1 is 0.955 bits per heavy atom. The number of hydrogen-bond donors (Lipinski definition) is 1. The van der Waals surface area contributed by atoms with Gasteiger partial charge in [0.05, 0.1) is 17.7 Å². The van der Waals surface area contributed by atoms with Gasteiger partial charge in [0.25, 0.3) is 10.0 Å². The number of aryl methyl sites for hydroxylation is 2. The lowest BCUT2D eigenvalue weighted by molar-refractivity contribution is 0.415. The third kappa shape index (κ3) is 3.09. The van der Waals surface area contributed by atoms with Gasteiger partial charge in [-0.25, -0.2) is 8.42 Å². The molecule has 0 unspecified atom stereocenters. The Bertz CT molecular complexity index is 785. The first-order chi connectivity index (χ1) is 10.3. The minimum absolute atomic E-state index is 0.354. The van der Waals surface area contributed by atoms with E-state index in [9.17, 15) is 8.42 Å². The second kappa shape index (κ2) is 6.01. The Morgan fingerprint density at radius 2 is 1.55 bits per heavy atom. The molecule has 2 rings (SSSR count). The molecule has 0 aliphatic carbocycles.